The van der Waals surface area contributed by atoms with E-state index in [2.05, 4.69) is 32.0 Å². The van der Waals surface area contributed by atoms with Crippen LogP contribution < -0.4 is 5.32 Å². The number of amides is 2. The van der Waals surface area contributed by atoms with Gasteiger partial charge in [-0.05, 0) is 40.9 Å². The monoisotopic (exact) mass is 600 g/mol. The Hall–Kier alpha value is -4.19. The summed E-state index contributed by atoms with van der Waals surface area (Å²) in [5.74, 6) is 1.25. The second kappa shape index (κ2) is 13.7. The van der Waals surface area contributed by atoms with Crippen molar-refractivity contribution in [3.8, 4) is 10.8 Å². The highest BCUT2D eigenvalue weighted by atomic mass is 79.9. The fraction of sp³-hybridized carbons (Fsp3) is 0.219. The summed E-state index contributed by atoms with van der Waals surface area (Å²) in [6.07, 6.45) is -1.53. The van der Waals surface area contributed by atoms with Crippen LogP contribution in [0.4, 0.5) is 0 Å². The van der Waals surface area contributed by atoms with E-state index < -0.39 is 30.3 Å². The van der Waals surface area contributed by atoms with Gasteiger partial charge in [-0.2, -0.15) is 0 Å². The number of nitrogens with zero attached hydrogens (tertiary/aromatic N) is 1. The molecule has 2 amide bonds. The Labute approximate surface area is 242 Å². The quantitative estimate of drug-likeness (QED) is 0.155. The van der Waals surface area contributed by atoms with Crippen molar-refractivity contribution in [2.75, 3.05) is 6.61 Å². The number of benzene rings is 3. The third kappa shape index (κ3) is 6.87. The summed E-state index contributed by atoms with van der Waals surface area (Å²) in [7, 11) is 0. The van der Waals surface area contributed by atoms with Crippen LogP contribution in [0.1, 0.15) is 36.6 Å². The van der Waals surface area contributed by atoms with Crippen molar-refractivity contribution < 1.29 is 23.9 Å². The molecular formula is C32H29BrN2O5. The second-order valence-corrected chi connectivity index (χ2v) is 9.74. The number of carbonyl (C=O) groups is 3. The summed E-state index contributed by atoms with van der Waals surface area (Å²) in [6.45, 7) is 3.42. The fourth-order valence-corrected chi connectivity index (χ4v) is 4.57. The lowest BCUT2D eigenvalue weighted by atomic mass is 9.99. The van der Waals surface area contributed by atoms with E-state index in [-0.39, 0.29) is 24.6 Å². The van der Waals surface area contributed by atoms with Crippen molar-refractivity contribution in [1.82, 2.24) is 10.2 Å². The first kappa shape index (κ1) is 28.8. The second-order valence-electron chi connectivity index (χ2n) is 9.34. The average Bonchev–Trinajstić information content (AvgIpc) is 2.97. The van der Waals surface area contributed by atoms with E-state index in [1.807, 2.05) is 91.0 Å². The number of esters is 1. The molecule has 0 aliphatic carbocycles. The lowest BCUT2D eigenvalue weighted by molar-refractivity contribution is -0.180. The van der Waals surface area contributed by atoms with Crippen LogP contribution in [0.25, 0.3) is 0 Å². The average molecular weight is 601 g/mol. The van der Waals surface area contributed by atoms with Gasteiger partial charge in [-0.1, -0.05) is 96.9 Å². The van der Waals surface area contributed by atoms with Crippen LogP contribution in [0.2, 0.25) is 0 Å². The molecule has 2 atom stereocenters. The maximum absolute atomic E-state index is 13.7. The summed E-state index contributed by atoms with van der Waals surface area (Å²) >= 11 is 3.03. The van der Waals surface area contributed by atoms with E-state index in [1.165, 1.54) is 4.90 Å². The zero-order chi connectivity index (χ0) is 28.5. The Balaban J connectivity index is 1.57. The molecular weight excluding hydrogens is 572 g/mol. The highest BCUT2D eigenvalue weighted by Crippen LogP contribution is 2.32. The van der Waals surface area contributed by atoms with Gasteiger partial charge in [0, 0.05) is 15.9 Å². The molecule has 1 aliphatic heterocycles. The van der Waals surface area contributed by atoms with Gasteiger partial charge in [0.15, 0.2) is 18.4 Å². The van der Waals surface area contributed by atoms with E-state index in [9.17, 15) is 14.4 Å². The lowest BCUT2D eigenvalue weighted by Gasteiger charge is -2.46. The molecule has 8 heteroatoms. The van der Waals surface area contributed by atoms with Crippen molar-refractivity contribution in [1.29, 1.82) is 0 Å². The minimum Gasteiger partial charge on any atom is -0.448 e. The van der Waals surface area contributed by atoms with Gasteiger partial charge in [0.25, 0.3) is 5.91 Å². The summed E-state index contributed by atoms with van der Waals surface area (Å²) in [6, 6.07) is 27.0. The van der Waals surface area contributed by atoms with Gasteiger partial charge in [0.1, 0.15) is 12.3 Å². The first-order valence-electron chi connectivity index (χ1n) is 12.8. The maximum Gasteiger partial charge on any atom is 0.356 e. The number of hydrogen-bond acceptors (Lipinski definition) is 5. The van der Waals surface area contributed by atoms with Crippen LogP contribution in [0.3, 0.4) is 0 Å². The normalized spacial score (nSPS) is 15.9. The molecule has 0 unspecified atom stereocenters. The van der Waals surface area contributed by atoms with Crippen LogP contribution >= 0.6 is 15.9 Å². The van der Waals surface area contributed by atoms with Gasteiger partial charge in [-0.15, -0.1) is 0 Å². The molecule has 4 rings (SSSR count). The van der Waals surface area contributed by atoms with E-state index in [4.69, 9.17) is 9.47 Å². The first-order valence-corrected chi connectivity index (χ1v) is 13.5. The molecule has 204 valence electrons. The Morgan fingerprint density at radius 3 is 2.00 bits per heavy atom. The third-order valence-corrected chi connectivity index (χ3v) is 6.58. The molecule has 7 nitrogen and oxygen atoms in total. The van der Waals surface area contributed by atoms with E-state index >= 15 is 0 Å². The van der Waals surface area contributed by atoms with Crippen LogP contribution in [0.15, 0.2) is 102 Å². The van der Waals surface area contributed by atoms with Crippen molar-refractivity contribution in [3.63, 3.8) is 0 Å². The van der Waals surface area contributed by atoms with Crippen LogP contribution in [-0.2, 0) is 30.3 Å². The van der Waals surface area contributed by atoms with Gasteiger partial charge in [0.05, 0.1) is 6.42 Å². The molecule has 1 aliphatic rings. The number of likely N-dealkylation sites (tertiary alicyclic amines) is 1. The molecule has 1 saturated heterocycles. The molecule has 0 spiro atoms. The van der Waals surface area contributed by atoms with Gasteiger partial charge in [-0.3, -0.25) is 14.5 Å². The fourth-order valence-electron chi connectivity index (χ4n) is 4.46. The van der Waals surface area contributed by atoms with Crippen molar-refractivity contribution in [3.05, 3.63) is 119 Å². The SMILES string of the molecule is CC(C)=C(C(=O)OC(c1ccccc1)c1ccccc1)N1C(=O)[C@H](NC(=O)Cc2ccccc2)[C@@H]1OCC#CBr. The van der Waals surface area contributed by atoms with Gasteiger partial charge in [0.2, 0.25) is 5.91 Å². The molecule has 3 aromatic carbocycles. The molecule has 0 aromatic heterocycles. The number of nitrogens with one attached hydrogen (secondary N) is 1. The summed E-state index contributed by atoms with van der Waals surface area (Å²) in [5, 5.41) is 2.76. The Bertz CT molecular complexity index is 1390. The molecule has 0 radical (unpaired) electrons. The number of halogens is 1. The van der Waals surface area contributed by atoms with Crippen molar-refractivity contribution >= 4 is 33.7 Å². The zero-order valence-corrected chi connectivity index (χ0v) is 23.8. The number of β-lactam (4-membered cyclic amide) rings is 1. The van der Waals surface area contributed by atoms with E-state index in [1.54, 1.807) is 13.8 Å². The predicted octanol–water partition coefficient (Wildman–Crippen LogP) is 4.88. The number of allylic oxidation sites excluding steroid dienone is 1. The highest BCUT2D eigenvalue weighted by molar-refractivity contribution is 9.12. The van der Waals surface area contributed by atoms with Crippen LogP contribution in [0, 0.1) is 10.8 Å². The predicted molar refractivity (Wildman–Crippen MR) is 155 cm³/mol. The number of hydrogen-bond donors (Lipinski definition) is 1. The largest absolute Gasteiger partial charge is 0.448 e. The smallest absolute Gasteiger partial charge is 0.356 e. The number of rotatable bonds is 10. The number of ether oxygens (including phenoxy) is 2. The zero-order valence-electron chi connectivity index (χ0n) is 22.2. The third-order valence-electron chi connectivity index (χ3n) is 6.30. The molecule has 40 heavy (non-hydrogen) atoms. The Kier molecular flexibility index (Phi) is 9.90. The molecule has 1 N–H and O–H groups in total. The van der Waals surface area contributed by atoms with Crippen LogP contribution in [0.5, 0.6) is 0 Å². The first-order chi connectivity index (χ1) is 19.4. The summed E-state index contributed by atoms with van der Waals surface area (Å²) < 4.78 is 11.9. The van der Waals surface area contributed by atoms with Crippen LogP contribution in [-0.4, -0.2) is 41.6 Å². The maximum atomic E-state index is 13.7. The molecule has 0 bridgehead atoms. The molecule has 3 aromatic rings. The Morgan fingerprint density at radius 1 is 0.925 bits per heavy atom. The van der Waals surface area contributed by atoms with Gasteiger partial charge >= 0.3 is 5.97 Å². The highest BCUT2D eigenvalue weighted by Gasteiger charge is 2.53. The molecule has 1 heterocycles. The Morgan fingerprint density at radius 2 is 1.48 bits per heavy atom. The molecule has 1 fully saturated rings. The standard InChI is InChI=1S/C32H29BrN2O5/c1-22(2)28(32(38)40-29(24-15-8-4-9-16-24)25-17-10-5-11-18-25)35-30(37)27(31(35)39-20-12-19-33)34-26(36)21-23-13-6-3-7-14-23/h3-11,13-18,27,29,31H,20-21H2,1-2H3,(H,34,36)/t27-,31-/m0/s1. The van der Waals surface area contributed by atoms with Gasteiger partial charge in [-0.25, -0.2) is 4.79 Å². The topological polar surface area (TPSA) is 84.9 Å². The molecule has 0 saturated carbocycles. The lowest BCUT2D eigenvalue weighted by Crippen LogP contribution is -2.71. The minimum atomic E-state index is -0.977. The van der Waals surface area contributed by atoms with Crippen molar-refractivity contribution in [2.24, 2.45) is 0 Å². The van der Waals surface area contributed by atoms with E-state index in [0.717, 1.165) is 16.7 Å². The number of carbonyl (C=O) groups excluding carboxylic acids is 3. The summed E-state index contributed by atoms with van der Waals surface area (Å²) in [5.41, 5.74) is 3.01. The van der Waals surface area contributed by atoms with Crippen molar-refractivity contribution in [2.45, 2.75) is 38.6 Å². The van der Waals surface area contributed by atoms with Gasteiger partial charge < -0.3 is 14.8 Å². The van der Waals surface area contributed by atoms with E-state index in [0.29, 0.717) is 5.57 Å². The minimum absolute atomic E-state index is 0.0213. The summed E-state index contributed by atoms with van der Waals surface area (Å²) in [4.78, 5) is 43.7.